The molecule has 0 aromatic heterocycles. The van der Waals surface area contributed by atoms with Crippen LogP contribution in [0.4, 0.5) is 27.5 Å². The van der Waals surface area contributed by atoms with Gasteiger partial charge in [-0.2, -0.15) is 0 Å². The van der Waals surface area contributed by atoms with E-state index in [0.29, 0.717) is 56.5 Å². The number of nitrogens with zero attached hydrogens (tertiary/aromatic N) is 4. The molecule has 4 heterocycles. The number of benzene rings is 2. The SMILES string of the molecule is COc1ccc(N2C(=O)NC(=O)[C@]3(Cc4cc([N+](=O)[O-])c(N5CCOCC5)cc4N4CCOC[C@@H]43)C2=O)cc1. The average Bonchev–Trinajstić information content (AvgIpc) is 2.96. The van der Waals surface area contributed by atoms with Crippen molar-refractivity contribution in [3.63, 3.8) is 0 Å². The Labute approximate surface area is 223 Å². The first-order valence-corrected chi connectivity index (χ1v) is 12.7. The van der Waals surface area contributed by atoms with Crippen LogP contribution >= 0.6 is 0 Å². The molecule has 1 N–H and O–H groups in total. The molecule has 6 rings (SSSR count). The molecule has 13 nitrogen and oxygen atoms in total. The minimum atomic E-state index is -1.74. The Balaban J connectivity index is 1.48. The van der Waals surface area contributed by atoms with Gasteiger partial charge in [-0.15, -0.1) is 0 Å². The van der Waals surface area contributed by atoms with Crippen molar-refractivity contribution in [2.45, 2.75) is 12.5 Å². The molecule has 0 aliphatic carbocycles. The summed E-state index contributed by atoms with van der Waals surface area (Å²) in [5.74, 6) is -0.906. The van der Waals surface area contributed by atoms with Crippen LogP contribution in [-0.4, -0.2) is 82.0 Å². The summed E-state index contributed by atoms with van der Waals surface area (Å²) in [5, 5.41) is 14.5. The van der Waals surface area contributed by atoms with Crippen LogP contribution in [0.3, 0.4) is 0 Å². The fraction of sp³-hybridized carbons (Fsp3) is 0.423. The number of ether oxygens (including phenoxy) is 3. The van der Waals surface area contributed by atoms with Crippen molar-refractivity contribution in [2.24, 2.45) is 5.41 Å². The first-order chi connectivity index (χ1) is 18.8. The zero-order valence-electron chi connectivity index (χ0n) is 21.3. The van der Waals surface area contributed by atoms with Crippen molar-refractivity contribution in [3.8, 4) is 5.75 Å². The van der Waals surface area contributed by atoms with Gasteiger partial charge in [-0.1, -0.05) is 0 Å². The highest BCUT2D eigenvalue weighted by atomic mass is 16.6. The van der Waals surface area contributed by atoms with E-state index in [4.69, 9.17) is 14.2 Å². The second kappa shape index (κ2) is 9.50. The largest absolute Gasteiger partial charge is 0.497 e. The van der Waals surface area contributed by atoms with E-state index in [-0.39, 0.29) is 24.4 Å². The van der Waals surface area contributed by atoms with Gasteiger partial charge in [0.05, 0.1) is 50.2 Å². The number of carbonyl (C=O) groups is 3. The Morgan fingerprint density at radius 2 is 1.74 bits per heavy atom. The summed E-state index contributed by atoms with van der Waals surface area (Å²) in [4.78, 5) is 57.4. The summed E-state index contributed by atoms with van der Waals surface area (Å²) in [6.07, 6.45) is -0.123. The number of barbiturate groups is 1. The smallest absolute Gasteiger partial charge is 0.335 e. The number of urea groups is 1. The predicted octanol–water partition coefficient (Wildman–Crippen LogP) is 1.47. The van der Waals surface area contributed by atoms with Gasteiger partial charge in [-0.05, 0) is 35.9 Å². The van der Waals surface area contributed by atoms with Gasteiger partial charge in [0.25, 0.3) is 11.6 Å². The van der Waals surface area contributed by atoms with Gasteiger partial charge in [0.1, 0.15) is 11.4 Å². The first-order valence-electron chi connectivity index (χ1n) is 12.7. The van der Waals surface area contributed by atoms with Crippen LogP contribution < -0.4 is 24.8 Å². The number of anilines is 3. The molecule has 0 unspecified atom stereocenters. The number of morpholine rings is 2. The van der Waals surface area contributed by atoms with Crippen molar-refractivity contribution < 1.29 is 33.5 Å². The maximum atomic E-state index is 14.3. The number of imide groups is 2. The molecule has 2 aromatic carbocycles. The van der Waals surface area contributed by atoms with Crippen LogP contribution in [0, 0.1) is 15.5 Å². The Kier molecular flexibility index (Phi) is 6.11. The van der Waals surface area contributed by atoms with Crippen molar-refractivity contribution in [2.75, 3.05) is 67.9 Å². The summed E-state index contributed by atoms with van der Waals surface area (Å²) in [7, 11) is 1.50. The average molecular weight is 538 g/mol. The number of hydrogen-bond acceptors (Lipinski definition) is 10. The Hall–Kier alpha value is -4.23. The zero-order chi connectivity index (χ0) is 27.3. The molecule has 204 valence electrons. The molecule has 0 saturated carbocycles. The minimum Gasteiger partial charge on any atom is -0.497 e. The number of fused-ring (bicyclic) bond motifs is 4. The van der Waals surface area contributed by atoms with E-state index in [1.54, 1.807) is 30.3 Å². The monoisotopic (exact) mass is 537 g/mol. The van der Waals surface area contributed by atoms with Crippen molar-refractivity contribution in [3.05, 3.63) is 52.1 Å². The molecule has 4 amide bonds. The quantitative estimate of drug-likeness (QED) is 0.346. The topological polar surface area (TPSA) is 144 Å². The third-order valence-electron chi connectivity index (χ3n) is 7.94. The number of nitrogens with one attached hydrogen (secondary N) is 1. The van der Waals surface area contributed by atoms with Crippen LogP contribution in [-0.2, 0) is 25.5 Å². The van der Waals surface area contributed by atoms with Gasteiger partial charge in [0.2, 0.25) is 5.91 Å². The van der Waals surface area contributed by atoms with Gasteiger partial charge in [-0.25, -0.2) is 9.69 Å². The first kappa shape index (κ1) is 25.1. The number of carbonyl (C=O) groups excluding carboxylic acids is 3. The number of nitro benzene ring substituents is 1. The van der Waals surface area contributed by atoms with E-state index in [1.807, 2.05) is 9.80 Å². The predicted molar refractivity (Wildman–Crippen MR) is 138 cm³/mol. The van der Waals surface area contributed by atoms with Crippen LogP contribution in [0.1, 0.15) is 5.56 Å². The summed E-state index contributed by atoms with van der Waals surface area (Å²) >= 11 is 0. The number of amides is 4. The second-order valence-electron chi connectivity index (χ2n) is 9.86. The normalized spacial score (nSPS) is 24.8. The molecule has 3 saturated heterocycles. The van der Waals surface area contributed by atoms with E-state index < -0.39 is 34.2 Å². The molecule has 0 bridgehead atoms. The maximum Gasteiger partial charge on any atom is 0.335 e. The van der Waals surface area contributed by atoms with Crippen molar-refractivity contribution >= 4 is 40.6 Å². The van der Waals surface area contributed by atoms with E-state index >= 15 is 0 Å². The molecule has 3 fully saturated rings. The fourth-order valence-electron chi connectivity index (χ4n) is 6.01. The molecule has 2 atom stereocenters. The van der Waals surface area contributed by atoms with E-state index in [2.05, 4.69) is 5.32 Å². The third-order valence-corrected chi connectivity index (χ3v) is 7.94. The third kappa shape index (κ3) is 3.88. The number of methoxy groups -OCH3 is 1. The second-order valence-corrected chi connectivity index (χ2v) is 9.86. The lowest BCUT2D eigenvalue weighted by Gasteiger charge is -2.53. The number of hydrogen-bond donors (Lipinski definition) is 1. The highest BCUT2D eigenvalue weighted by molar-refractivity contribution is 6.30. The standard InChI is InChI=1S/C26H27N5O8/c1-37-18-4-2-17(3-5-18)30-24(33)26(23(32)27-25(30)34)14-16-12-21(31(35)36)20(28-6-9-38-10-7-28)13-19(16)29-8-11-39-15-22(26)29/h2-5,12-13,22H,6-11,14-15H2,1H3,(H,27,32,34)/t22-,26-/m1/s1. The van der Waals surface area contributed by atoms with Crippen molar-refractivity contribution in [1.29, 1.82) is 0 Å². The minimum absolute atomic E-state index is 0.0765. The summed E-state index contributed by atoms with van der Waals surface area (Å²) < 4.78 is 16.4. The maximum absolute atomic E-state index is 14.3. The number of nitro groups is 1. The van der Waals surface area contributed by atoms with Crippen LogP contribution in [0.15, 0.2) is 36.4 Å². The van der Waals surface area contributed by atoms with Gasteiger partial charge >= 0.3 is 6.03 Å². The lowest BCUT2D eigenvalue weighted by molar-refractivity contribution is -0.384. The fourth-order valence-corrected chi connectivity index (χ4v) is 6.01. The van der Waals surface area contributed by atoms with Gasteiger partial charge < -0.3 is 24.0 Å². The van der Waals surface area contributed by atoms with Gasteiger partial charge in [0, 0.05) is 37.8 Å². The highest BCUT2D eigenvalue weighted by Crippen LogP contribution is 2.49. The lowest BCUT2D eigenvalue weighted by atomic mass is 9.68. The van der Waals surface area contributed by atoms with Crippen LogP contribution in [0.25, 0.3) is 0 Å². The molecule has 0 radical (unpaired) electrons. The molecule has 2 aromatic rings. The molecule has 39 heavy (non-hydrogen) atoms. The van der Waals surface area contributed by atoms with Gasteiger partial charge in [-0.3, -0.25) is 25.0 Å². The highest BCUT2D eigenvalue weighted by Gasteiger charge is 2.63. The summed E-state index contributed by atoms with van der Waals surface area (Å²) in [5.41, 5.74) is 0.101. The molecule has 13 heteroatoms. The molecule has 1 spiro atoms. The Morgan fingerprint density at radius 1 is 1.03 bits per heavy atom. The van der Waals surface area contributed by atoms with E-state index in [1.165, 1.54) is 13.2 Å². The molecule has 4 aliphatic heterocycles. The molecular weight excluding hydrogens is 510 g/mol. The van der Waals surface area contributed by atoms with Gasteiger partial charge in [0.15, 0.2) is 5.41 Å². The summed E-state index contributed by atoms with van der Waals surface area (Å²) in [6, 6.07) is 8.01. The van der Waals surface area contributed by atoms with Crippen molar-refractivity contribution in [1.82, 2.24) is 5.32 Å². The Morgan fingerprint density at radius 3 is 2.44 bits per heavy atom. The van der Waals surface area contributed by atoms with Crippen LogP contribution in [0.2, 0.25) is 0 Å². The number of rotatable bonds is 4. The Bertz CT molecular complexity index is 1360. The summed E-state index contributed by atoms with van der Waals surface area (Å²) in [6.45, 7) is 2.74. The molecule has 4 aliphatic rings. The van der Waals surface area contributed by atoms with E-state index in [9.17, 15) is 24.5 Å². The van der Waals surface area contributed by atoms with E-state index in [0.717, 1.165) is 10.6 Å². The molecular formula is C26H27N5O8. The zero-order valence-corrected chi connectivity index (χ0v) is 21.3. The van der Waals surface area contributed by atoms with Crippen LogP contribution in [0.5, 0.6) is 5.75 Å². The lowest BCUT2D eigenvalue weighted by Crippen LogP contribution is -2.74.